The zero-order chi connectivity index (χ0) is 16.3. The predicted octanol–water partition coefficient (Wildman–Crippen LogP) is 1.09. The van der Waals surface area contributed by atoms with Gasteiger partial charge in [0.2, 0.25) is 5.91 Å². The molecule has 1 aliphatic heterocycles. The molecule has 1 atom stereocenters. The van der Waals surface area contributed by atoms with Crippen molar-refractivity contribution in [2.24, 2.45) is 5.92 Å². The van der Waals surface area contributed by atoms with Crippen LogP contribution in [-0.4, -0.2) is 53.8 Å². The van der Waals surface area contributed by atoms with Gasteiger partial charge < -0.3 is 4.90 Å². The van der Waals surface area contributed by atoms with Crippen LogP contribution in [0.4, 0.5) is 0 Å². The first-order valence-corrected chi connectivity index (χ1v) is 8.08. The summed E-state index contributed by atoms with van der Waals surface area (Å²) in [6.45, 7) is 2.22. The van der Waals surface area contributed by atoms with Gasteiger partial charge in [0.15, 0.2) is 11.3 Å². The standard InChI is InChI=1S/C16H26N4O2/c1-12(21)16(11-17)9-4-10-20(16)18-14-7-5-13(6-8-14)15(22)19(2)3/h13-14,18H,4-10H2,1-3H3/t13?,14?,16-/m0/s1. The Morgan fingerprint density at radius 3 is 2.41 bits per heavy atom. The van der Waals surface area contributed by atoms with E-state index in [4.69, 9.17) is 0 Å². The molecule has 1 aliphatic carbocycles. The number of ketones is 1. The Balaban J connectivity index is 1.92. The van der Waals surface area contributed by atoms with Crippen LogP contribution in [0, 0.1) is 17.2 Å². The van der Waals surface area contributed by atoms with Crippen molar-refractivity contribution in [1.29, 1.82) is 5.26 Å². The van der Waals surface area contributed by atoms with Crippen LogP contribution in [0.1, 0.15) is 45.4 Å². The number of nitrogens with one attached hydrogen (secondary N) is 1. The van der Waals surface area contributed by atoms with Gasteiger partial charge in [0, 0.05) is 32.6 Å². The van der Waals surface area contributed by atoms with Crippen molar-refractivity contribution in [1.82, 2.24) is 15.3 Å². The van der Waals surface area contributed by atoms with Crippen LogP contribution < -0.4 is 5.43 Å². The molecular formula is C16H26N4O2. The number of carbonyl (C=O) groups excluding carboxylic acids is 2. The topological polar surface area (TPSA) is 76.4 Å². The van der Waals surface area contributed by atoms with Gasteiger partial charge in [-0.1, -0.05) is 0 Å². The third-order valence-corrected chi connectivity index (χ3v) is 5.00. The second-order valence-electron chi connectivity index (χ2n) is 6.69. The second kappa shape index (κ2) is 6.76. The molecule has 0 radical (unpaired) electrons. The van der Waals surface area contributed by atoms with Gasteiger partial charge in [0.05, 0.1) is 6.07 Å². The van der Waals surface area contributed by atoms with Gasteiger partial charge in [-0.25, -0.2) is 5.01 Å². The number of hydrogen-bond acceptors (Lipinski definition) is 5. The number of nitrogens with zero attached hydrogens (tertiary/aromatic N) is 3. The molecule has 22 heavy (non-hydrogen) atoms. The Kier molecular flexibility index (Phi) is 5.20. The van der Waals surface area contributed by atoms with E-state index in [1.807, 2.05) is 5.01 Å². The third-order valence-electron chi connectivity index (χ3n) is 5.00. The van der Waals surface area contributed by atoms with E-state index in [1.165, 1.54) is 6.92 Å². The van der Waals surface area contributed by atoms with Crippen LogP contribution in [-0.2, 0) is 9.59 Å². The number of Topliss-reactive ketones (excluding diaryl/α,β-unsaturated/α-hetero) is 1. The highest BCUT2D eigenvalue weighted by Gasteiger charge is 2.46. The van der Waals surface area contributed by atoms with Crippen molar-refractivity contribution in [3.8, 4) is 6.07 Å². The fourth-order valence-corrected chi connectivity index (χ4v) is 3.61. The van der Waals surface area contributed by atoms with E-state index >= 15 is 0 Å². The van der Waals surface area contributed by atoms with Gasteiger partial charge in [0.1, 0.15) is 0 Å². The molecule has 1 saturated carbocycles. The first-order chi connectivity index (χ1) is 10.4. The molecule has 1 N–H and O–H groups in total. The average molecular weight is 306 g/mol. The number of amides is 1. The minimum Gasteiger partial charge on any atom is -0.349 e. The number of hydrogen-bond donors (Lipinski definition) is 1. The van der Waals surface area contributed by atoms with Crippen molar-refractivity contribution in [2.45, 2.75) is 57.0 Å². The molecular weight excluding hydrogens is 280 g/mol. The van der Waals surface area contributed by atoms with Gasteiger partial charge in [-0.05, 0) is 45.4 Å². The van der Waals surface area contributed by atoms with E-state index in [2.05, 4.69) is 11.5 Å². The highest BCUT2D eigenvalue weighted by atomic mass is 16.2. The van der Waals surface area contributed by atoms with Crippen LogP contribution in [0.2, 0.25) is 0 Å². The van der Waals surface area contributed by atoms with Gasteiger partial charge in [-0.15, -0.1) is 0 Å². The van der Waals surface area contributed by atoms with Gasteiger partial charge in [-0.2, -0.15) is 5.26 Å². The van der Waals surface area contributed by atoms with Crippen LogP contribution in [0.25, 0.3) is 0 Å². The molecule has 6 nitrogen and oxygen atoms in total. The monoisotopic (exact) mass is 306 g/mol. The summed E-state index contributed by atoms with van der Waals surface area (Å²) in [4.78, 5) is 25.6. The molecule has 0 unspecified atom stereocenters. The Morgan fingerprint density at radius 1 is 1.27 bits per heavy atom. The van der Waals surface area contributed by atoms with Gasteiger partial charge in [0.25, 0.3) is 0 Å². The molecule has 0 aromatic rings. The maximum Gasteiger partial charge on any atom is 0.225 e. The fourth-order valence-electron chi connectivity index (χ4n) is 3.61. The lowest BCUT2D eigenvalue weighted by Gasteiger charge is -2.37. The summed E-state index contributed by atoms with van der Waals surface area (Å²) in [6, 6.07) is 2.46. The van der Waals surface area contributed by atoms with E-state index in [0.717, 1.165) is 38.6 Å². The maximum atomic E-state index is 12.0. The van der Waals surface area contributed by atoms with Crippen LogP contribution >= 0.6 is 0 Å². The van der Waals surface area contributed by atoms with E-state index in [9.17, 15) is 14.9 Å². The lowest BCUT2D eigenvalue weighted by Crippen LogP contribution is -2.58. The van der Waals surface area contributed by atoms with Crippen LogP contribution in [0.15, 0.2) is 0 Å². The molecule has 1 saturated heterocycles. The number of rotatable bonds is 4. The highest BCUT2D eigenvalue weighted by Crippen LogP contribution is 2.31. The minimum absolute atomic E-state index is 0.0866. The molecule has 2 aliphatic rings. The first-order valence-electron chi connectivity index (χ1n) is 8.08. The fraction of sp³-hybridized carbons (Fsp3) is 0.812. The summed E-state index contributed by atoms with van der Waals surface area (Å²) in [5, 5.41) is 11.3. The summed E-state index contributed by atoms with van der Waals surface area (Å²) in [6.07, 6.45) is 4.99. The summed E-state index contributed by atoms with van der Waals surface area (Å²) in [5.74, 6) is 0.228. The summed E-state index contributed by atoms with van der Waals surface area (Å²) < 4.78 is 0. The lowest BCUT2D eigenvalue weighted by atomic mass is 9.85. The summed E-state index contributed by atoms with van der Waals surface area (Å²) in [7, 11) is 3.59. The lowest BCUT2D eigenvalue weighted by molar-refractivity contribution is -0.134. The SMILES string of the molecule is CC(=O)[C@@]1(C#N)CCCN1NC1CCC(C(=O)N(C)C)CC1. The molecule has 1 amide bonds. The minimum atomic E-state index is -1.00. The van der Waals surface area contributed by atoms with Gasteiger partial charge in [-0.3, -0.25) is 15.0 Å². The normalized spacial score (nSPS) is 32.5. The largest absolute Gasteiger partial charge is 0.349 e. The molecule has 0 aromatic heterocycles. The first kappa shape index (κ1) is 16.9. The van der Waals surface area contributed by atoms with Gasteiger partial charge >= 0.3 is 0 Å². The van der Waals surface area contributed by atoms with Crippen molar-refractivity contribution in [3.63, 3.8) is 0 Å². The zero-order valence-corrected chi connectivity index (χ0v) is 13.8. The van der Waals surface area contributed by atoms with Crippen molar-refractivity contribution >= 4 is 11.7 Å². The number of carbonyl (C=O) groups is 2. The number of hydrazine groups is 1. The molecule has 2 rings (SSSR count). The Hall–Kier alpha value is -1.45. The van der Waals surface area contributed by atoms with Crippen molar-refractivity contribution in [3.05, 3.63) is 0 Å². The molecule has 1 heterocycles. The smallest absolute Gasteiger partial charge is 0.225 e. The third kappa shape index (κ3) is 3.16. The quantitative estimate of drug-likeness (QED) is 0.841. The highest BCUT2D eigenvalue weighted by molar-refractivity contribution is 5.89. The Labute approximate surface area is 132 Å². The molecule has 0 aromatic carbocycles. The summed E-state index contributed by atoms with van der Waals surface area (Å²) in [5.41, 5.74) is 2.39. The predicted molar refractivity (Wildman–Crippen MR) is 82.5 cm³/mol. The van der Waals surface area contributed by atoms with Crippen molar-refractivity contribution in [2.75, 3.05) is 20.6 Å². The zero-order valence-electron chi connectivity index (χ0n) is 13.8. The Morgan fingerprint density at radius 2 is 1.91 bits per heavy atom. The maximum absolute atomic E-state index is 12.0. The average Bonchev–Trinajstić information content (AvgIpc) is 2.91. The molecule has 2 fully saturated rings. The van der Waals surface area contributed by atoms with Crippen molar-refractivity contribution < 1.29 is 9.59 Å². The van der Waals surface area contributed by atoms with E-state index in [0.29, 0.717) is 6.42 Å². The summed E-state index contributed by atoms with van der Waals surface area (Å²) >= 11 is 0. The Bertz CT molecular complexity index is 477. The van der Waals surface area contributed by atoms with Crippen LogP contribution in [0.5, 0.6) is 0 Å². The second-order valence-corrected chi connectivity index (χ2v) is 6.69. The molecule has 0 spiro atoms. The van der Waals surface area contributed by atoms with E-state index in [1.54, 1.807) is 19.0 Å². The molecule has 0 bridgehead atoms. The molecule has 6 heteroatoms. The van der Waals surface area contributed by atoms with E-state index < -0.39 is 5.54 Å². The van der Waals surface area contributed by atoms with Crippen LogP contribution in [0.3, 0.4) is 0 Å². The number of nitriles is 1. The van der Waals surface area contributed by atoms with E-state index in [-0.39, 0.29) is 23.7 Å². The molecule has 122 valence electrons.